The molecule has 0 aliphatic carbocycles. The average Bonchev–Trinajstić information content (AvgIpc) is 2.74. The molecule has 0 unspecified atom stereocenters. The molecule has 2 aromatic rings. The van der Waals surface area contributed by atoms with Crippen LogP contribution in [-0.4, -0.2) is 62.9 Å². The number of nitro groups is 1. The molecule has 2 aromatic carbocycles. The molecule has 1 fully saturated rings. The standard InChI is InChI=1S/C19H23N3O6S/c1-27-18-8-3-15(13-19(18)28-2)14-20-9-11-21(12-10-20)29(25,26)17-6-4-16(5-7-17)22(23)24/h3-8,13H,9-12,14H2,1-2H3. The van der Waals surface area contributed by atoms with Crippen molar-refractivity contribution in [1.82, 2.24) is 9.21 Å². The first kappa shape index (κ1) is 21.0. The van der Waals surface area contributed by atoms with Gasteiger partial charge in [0, 0.05) is 44.9 Å². The van der Waals surface area contributed by atoms with E-state index in [1.807, 2.05) is 18.2 Å². The number of nitrogens with zero attached hydrogens (tertiary/aromatic N) is 3. The molecule has 0 amide bonds. The molecule has 0 bridgehead atoms. The monoisotopic (exact) mass is 421 g/mol. The molecule has 0 aromatic heterocycles. The molecule has 1 aliphatic heterocycles. The van der Waals surface area contributed by atoms with Crippen molar-refractivity contribution < 1.29 is 22.8 Å². The van der Waals surface area contributed by atoms with Crippen LogP contribution >= 0.6 is 0 Å². The second-order valence-electron chi connectivity index (χ2n) is 6.62. The third-order valence-electron chi connectivity index (χ3n) is 4.87. The summed E-state index contributed by atoms with van der Waals surface area (Å²) in [6.45, 7) is 2.55. The van der Waals surface area contributed by atoms with Crippen molar-refractivity contribution in [2.24, 2.45) is 0 Å². The van der Waals surface area contributed by atoms with Crippen LogP contribution in [0.25, 0.3) is 0 Å². The summed E-state index contributed by atoms with van der Waals surface area (Å²) >= 11 is 0. The number of non-ortho nitro benzene ring substituents is 1. The number of hydrogen-bond acceptors (Lipinski definition) is 7. The van der Waals surface area contributed by atoms with Crippen LogP contribution in [0.3, 0.4) is 0 Å². The molecular weight excluding hydrogens is 398 g/mol. The lowest BCUT2D eigenvalue weighted by molar-refractivity contribution is -0.384. The maximum Gasteiger partial charge on any atom is 0.269 e. The van der Waals surface area contributed by atoms with Gasteiger partial charge in [-0.2, -0.15) is 4.31 Å². The van der Waals surface area contributed by atoms with Crippen LogP contribution in [0.15, 0.2) is 47.4 Å². The number of hydrogen-bond donors (Lipinski definition) is 0. The number of benzene rings is 2. The van der Waals surface area contributed by atoms with E-state index in [2.05, 4.69) is 4.90 Å². The lowest BCUT2D eigenvalue weighted by Crippen LogP contribution is -2.48. The SMILES string of the molecule is COc1ccc(CN2CCN(S(=O)(=O)c3ccc([N+](=O)[O-])cc3)CC2)cc1OC. The maximum atomic E-state index is 12.8. The lowest BCUT2D eigenvalue weighted by atomic mass is 10.1. The molecule has 0 spiro atoms. The van der Waals surface area contributed by atoms with E-state index in [0.717, 1.165) is 5.56 Å². The Morgan fingerprint density at radius 2 is 1.59 bits per heavy atom. The maximum absolute atomic E-state index is 12.8. The molecule has 29 heavy (non-hydrogen) atoms. The second-order valence-corrected chi connectivity index (χ2v) is 8.56. The zero-order chi connectivity index (χ0) is 21.0. The molecule has 0 N–H and O–H groups in total. The largest absolute Gasteiger partial charge is 0.493 e. The van der Waals surface area contributed by atoms with Crippen molar-refractivity contribution >= 4 is 15.7 Å². The van der Waals surface area contributed by atoms with E-state index < -0.39 is 14.9 Å². The molecule has 0 saturated carbocycles. The number of methoxy groups -OCH3 is 2. The fourth-order valence-corrected chi connectivity index (χ4v) is 4.68. The molecule has 1 aliphatic rings. The van der Waals surface area contributed by atoms with Crippen molar-refractivity contribution in [3.05, 3.63) is 58.1 Å². The summed E-state index contributed by atoms with van der Waals surface area (Å²) in [5.41, 5.74) is 0.915. The quantitative estimate of drug-likeness (QED) is 0.498. The predicted molar refractivity (Wildman–Crippen MR) is 107 cm³/mol. The molecule has 9 nitrogen and oxygen atoms in total. The van der Waals surface area contributed by atoms with Gasteiger partial charge in [0.2, 0.25) is 10.0 Å². The summed E-state index contributed by atoms with van der Waals surface area (Å²) in [6, 6.07) is 10.7. The van der Waals surface area contributed by atoms with Gasteiger partial charge < -0.3 is 9.47 Å². The summed E-state index contributed by atoms with van der Waals surface area (Å²) in [6.07, 6.45) is 0. The van der Waals surface area contributed by atoms with E-state index in [-0.39, 0.29) is 10.6 Å². The topological polar surface area (TPSA) is 102 Å². The Labute approximate surface area is 169 Å². The molecule has 1 saturated heterocycles. The van der Waals surface area contributed by atoms with E-state index in [0.29, 0.717) is 44.2 Å². The highest BCUT2D eigenvalue weighted by Gasteiger charge is 2.29. The van der Waals surface area contributed by atoms with Crippen molar-refractivity contribution in [2.75, 3.05) is 40.4 Å². The Hall–Kier alpha value is -2.69. The van der Waals surface area contributed by atoms with Gasteiger partial charge in [-0.15, -0.1) is 0 Å². The van der Waals surface area contributed by atoms with Gasteiger partial charge >= 0.3 is 0 Å². The van der Waals surface area contributed by atoms with E-state index >= 15 is 0 Å². The average molecular weight is 421 g/mol. The third kappa shape index (κ3) is 4.66. The van der Waals surface area contributed by atoms with Gasteiger partial charge in [0.1, 0.15) is 0 Å². The summed E-state index contributed by atoms with van der Waals surface area (Å²) in [7, 11) is -0.501. The minimum atomic E-state index is -3.67. The first-order valence-electron chi connectivity index (χ1n) is 9.03. The van der Waals surface area contributed by atoms with Gasteiger partial charge in [0.25, 0.3) is 5.69 Å². The Bertz CT molecular complexity index is 970. The summed E-state index contributed by atoms with van der Waals surface area (Å²) in [4.78, 5) is 12.4. The van der Waals surface area contributed by atoms with Crippen LogP contribution in [0, 0.1) is 10.1 Å². The first-order chi connectivity index (χ1) is 13.8. The zero-order valence-electron chi connectivity index (χ0n) is 16.3. The minimum absolute atomic E-state index is 0.0661. The Kier molecular flexibility index (Phi) is 6.36. The summed E-state index contributed by atoms with van der Waals surface area (Å²) < 4.78 is 37.6. The van der Waals surface area contributed by atoms with Crippen LogP contribution in [-0.2, 0) is 16.6 Å². The van der Waals surface area contributed by atoms with Gasteiger partial charge in [-0.05, 0) is 29.8 Å². The highest BCUT2D eigenvalue weighted by molar-refractivity contribution is 7.89. The second kappa shape index (κ2) is 8.76. The smallest absolute Gasteiger partial charge is 0.269 e. The molecule has 0 atom stereocenters. The number of rotatable bonds is 7. The van der Waals surface area contributed by atoms with Gasteiger partial charge in [-0.3, -0.25) is 15.0 Å². The minimum Gasteiger partial charge on any atom is -0.493 e. The van der Waals surface area contributed by atoms with Crippen molar-refractivity contribution in [3.63, 3.8) is 0 Å². The molecule has 0 radical (unpaired) electrons. The molecule has 156 valence electrons. The van der Waals surface area contributed by atoms with Crippen LogP contribution in [0.4, 0.5) is 5.69 Å². The van der Waals surface area contributed by atoms with Crippen molar-refractivity contribution in [2.45, 2.75) is 11.4 Å². The normalized spacial score (nSPS) is 15.8. The highest BCUT2D eigenvalue weighted by atomic mass is 32.2. The Morgan fingerprint density at radius 1 is 0.966 bits per heavy atom. The number of sulfonamides is 1. The molecule has 3 rings (SSSR count). The lowest BCUT2D eigenvalue weighted by Gasteiger charge is -2.34. The van der Waals surface area contributed by atoms with Gasteiger partial charge in [-0.25, -0.2) is 8.42 Å². The van der Waals surface area contributed by atoms with Gasteiger partial charge in [0.05, 0.1) is 24.0 Å². The number of ether oxygens (including phenoxy) is 2. The van der Waals surface area contributed by atoms with E-state index in [1.54, 1.807) is 14.2 Å². The van der Waals surface area contributed by atoms with E-state index in [1.165, 1.54) is 28.6 Å². The summed E-state index contributed by atoms with van der Waals surface area (Å²) in [5.74, 6) is 1.32. The van der Waals surface area contributed by atoms with Crippen molar-refractivity contribution in [3.8, 4) is 11.5 Å². The molecule has 1 heterocycles. The van der Waals surface area contributed by atoms with Crippen LogP contribution in [0.2, 0.25) is 0 Å². The van der Waals surface area contributed by atoms with E-state index in [4.69, 9.17) is 9.47 Å². The van der Waals surface area contributed by atoms with Gasteiger partial charge in [0.15, 0.2) is 11.5 Å². The molecule has 10 heteroatoms. The fraction of sp³-hybridized carbons (Fsp3) is 0.368. The van der Waals surface area contributed by atoms with Crippen LogP contribution in [0.1, 0.15) is 5.56 Å². The highest BCUT2D eigenvalue weighted by Crippen LogP contribution is 2.28. The van der Waals surface area contributed by atoms with Crippen LogP contribution in [0.5, 0.6) is 11.5 Å². The van der Waals surface area contributed by atoms with Crippen molar-refractivity contribution in [1.29, 1.82) is 0 Å². The summed E-state index contributed by atoms with van der Waals surface area (Å²) in [5, 5.41) is 10.8. The number of nitro benzene ring substituents is 1. The predicted octanol–water partition coefficient (Wildman–Crippen LogP) is 2.12. The Balaban J connectivity index is 1.63. The van der Waals surface area contributed by atoms with E-state index in [9.17, 15) is 18.5 Å². The zero-order valence-corrected chi connectivity index (χ0v) is 17.1. The fourth-order valence-electron chi connectivity index (χ4n) is 3.25. The third-order valence-corrected chi connectivity index (χ3v) is 6.78. The Morgan fingerprint density at radius 3 is 2.14 bits per heavy atom. The molecular formula is C19H23N3O6S. The number of piperazine rings is 1. The first-order valence-corrected chi connectivity index (χ1v) is 10.5. The van der Waals surface area contributed by atoms with Crippen LogP contribution < -0.4 is 9.47 Å². The van der Waals surface area contributed by atoms with Gasteiger partial charge in [-0.1, -0.05) is 6.07 Å².